The summed E-state index contributed by atoms with van der Waals surface area (Å²) in [5.74, 6) is -0.0763. The van der Waals surface area contributed by atoms with Gasteiger partial charge in [0.25, 0.3) is 0 Å². The van der Waals surface area contributed by atoms with Crippen molar-refractivity contribution in [2.24, 2.45) is 5.92 Å². The lowest BCUT2D eigenvalue weighted by Crippen LogP contribution is -2.44. The van der Waals surface area contributed by atoms with E-state index in [1.54, 1.807) is 12.1 Å². The maximum atomic E-state index is 12.9. The quantitative estimate of drug-likeness (QED) is 0.835. The Morgan fingerprint density at radius 2 is 1.69 bits per heavy atom. The average Bonchev–Trinajstić information content (AvgIpc) is 2.74. The molecule has 0 saturated carbocycles. The number of benzene rings is 2. The summed E-state index contributed by atoms with van der Waals surface area (Å²) < 4.78 is 27.2. The first-order valence-electron chi connectivity index (χ1n) is 10.4. The van der Waals surface area contributed by atoms with Crippen LogP contribution in [0.2, 0.25) is 0 Å². The summed E-state index contributed by atoms with van der Waals surface area (Å²) in [6.45, 7) is 2.70. The molecular weight excluding hydrogens is 384 g/mol. The topological polar surface area (TPSA) is 66.5 Å². The number of amides is 1. The van der Waals surface area contributed by atoms with Crippen molar-refractivity contribution in [1.82, 2.24) is 9.62 Å². The van der Waals surface area contributed by atoms with Crippen molar-refractivity contribution in [2.75, 3.05) is 13.1 Å². The van der Waals surface area contributed by atoms with E-state index in [0.29, 0.717) is 30.8 Å². The SMILES string of the molecule is Cc1ccc(S(=O)(=O)N2CCC(C(=O)NC3CCCc4ccccc43)CC2)cc1. The molecule has 0 bridgehead atoms. The van der Waals surface area contributed by atoms with E-state index in [4.69, 9.17) is 0 Å². The standard InChI is InChI=1S/C23H28N2O3S/c1-17-9-11-20(12-10-17)29(27,28)25-15-13-19(14-16-25)23(26)24-22-8-4-6-18-5-2-3-7-21(18)22/h2-3,5,7,9-12,19,22H,4,6,8,13-16H2,1H3,(H,24,26). The summed E-state index contributed by atoms with van der Waals surface area (Å²) >= 11 is 0. The second-order valence-electron chi connectivity index (χ2n) is 8.14. The molecule has 1 fully saturated rings. The fourth-order valence-corrected chi connectivity index (χ4v) is 5.88. The Morgan fingerprint density at radius 3 is 2.41 bits per heavy atom. The van der Waals surface area contributed by atoms with Gasteiger partial charge in [0, 0.05) is 19.0 Å². The van der Waals surface area contributed by atoms with E-state index >= 15 is 0 Å². The van der Waals surface area contributed by atoms with Crippen LogP contribution in [0.15, 0.2) is 53.4 Å². The Balaban J connectivity index is 1.37. The van der Waals surface area contributed by atoms with Crippen LogP contribution in [-0.4, -0.2) is 31.7 Å². The monoisotopic (exact) mass is 412 g/mol. The van der Waals surface area contributed by atoms with Gasteiger partial charge in [-0.1, -0.05) is 42.0 Å². The molecule has 0 spiro atoms. The maximum Gasteiger partial charge on any atom is 0.243 e. The normalized spacial score (nSPS) is 20.8. The van der Waals surface area contributed by atoms with Crippen molar-refractivity contribution in [2.45, 2.75) is 50.0 Å². The zero-order valence-corrected chi connectivity index (χ0v) is 17.6. The number of aryl methyl sites for hydroxylation is 2. The Morgan fingerprint density at radius 1 is 1.00 bits per heavy atom. The van der Waals surface area contributed by atoms with Gasteiger partial charge in [0.15, 0.2) is 0 Å². The third-order valence-corrected chi connectivity index (χ3v) is 8.08. The molecule has 1 saturated heterocycles. The first-order valence-corrected chi connectivity index (χ1v) is 11.8. The summed E-state index contributed by atoms with van der Waals surface area (Å²) in [7, 11) is -3.49. The van der Waals surface area contributed by atoms with Crippen LogP contribution in [0.5, 0.6) is 0 Å². The number of nitrogens with zero attached hydrogens (tertiary/aromatic N) is 1. The average molecular weight is 413 g/mol. The predicted octanol–water partition coefficient (Wildman–Crippen LogP) is 3.59. The summed E-state index contributed by atoms with van der Waals surface area (Å²) in [6, 6.07) is 15.3. The van der Waals surface area contributed by atoms with E-state index in [0.717, 1.165) is 24.8 Å². The van der Waals surface area contributed by atoms with Crippen molar-refractivity contribution < 1.29 is 13.2 Å². The van der Waals surface area contributed by atoms with Crippen LogP contribution >= 0.6 is 0 Å². The molecule has 29 heavy (non-hydrogen) atoms. The van der Waals surface area contributed by atoms with Gasteiger partial charge in [-0.3, -0.25) is 4.79 Å². The number of nitrogens with one attached hydrogen (secondary N) is 1. The largest absolute Gasteiger partial charge is 0.349 e. The molecule has 2 aromatic carbocycles. The molecule has 1 atom stereocenters. The van der Waals surface area contributed by atoms with Gasteiger partial charge in [-0.25, -0.2) is 8.42 Å². The minimum absolute atomic E-state index is 0.0547. The van der Waals surface area contributed by atoms with E-state index in [1.807, 2.05) is 31.2 Å². The molecule has 1 aliphatic heterocycles. The molecule has 0 radical (unpaired) electrons. The molecule has 1 N–H and O–H groups in total. The summed E-state index contributed by atoms with van der Waals surface area (Å²) in [6.07, 6.45) is 4.23. The lowest BCUT2D eigenvalue weighted by Gasteiger charge is -2.32. The Kier molecular flexibility index (Phi) is 5.74. The van der Waals surface area contributed by atoms with Crippen molar-refractivity contribution >= 4 is 15.9 Å². The van der Waals surface area contributed by atoms with E-state index in [9.17, 15) is 13.2 Å². The highest BCUT2D eigenvalue weighted by Crippen LogP contribution is 2.31. The van der Waals surface area contributed by atoms with Gasteiger partial charge < -0.3 is 5.32 Å². The van der Waals surface area contributed by atoms with E-state index in [2.05, 4.69) is 17.4 Å². The molecule has 1 aliphatic carbocycles. The third kappa shape index (κ3) is 4.23. The molecule has 1 heterocycles. The number of carbonyl (C=O) groups is 1. The molecule has 4 rings (SSSR count). The van der Waals surface area contributed by atoms with Crippen LogP contribution in [0.4, 0.5) is 0 Å². The highest BCUT2D eigenvalue weighted by Gasteiger charge is 2.33. The van der Waals surface area contributed by atoms with Gasteiger partial charge in [-0.05, 0) is 62.3 Å². The van der Waals surface area contributed by atoms with Gasteiger partial charge in [0.1, 0.15) is 0 Å². The number of hydrogen-bond acceptors (Lipinski definition) is 3. The molecule has 1 amide bonds. The molecule has 2 aliphatic rings. The fraction of sp³-hybridized carbons (Fsp3) is 0.435. The van der Waals surface area contributed by atoms with Crippen LogP contribution in [0, 0.1) is 12.8 Å². The zero-order chi connectivity index (χ0) is 20.4. The summed E-state index contributed by atoms with van der Waals surface area (Å²) in [4.78, 5) is 13.2. The number of fused-ring (bicyclic) bond motifs is 1. The predicted molar refractivity (Wildman–Crippen MR) is 113 cm³/mol. The Hall–Kier alpha value is -2.18. The number of carbonyl (C=O) groups excluding carboxylic acids is 1. The van der Waals surface area contributed by atoms with E-state index < -0.39 is 10.0 Å². The van der Waals surface area contributed by atoms with Crippen molar-refractivity contribution in [3.63, 3.8) is 0 Å². The molecule has 1 unspecified atom stereocenters. The Bertz CT molecular complexity index is 977. The minimum Gasteiger partial charge on any atom is -0.349 e. The third-order valence-electron chi connectivity index (χ3n) is 6.17. The second-order valence-corrected chi connectivity index (χ2v) is 10.1. The van der Waals surface area contributed by atoms with Gasteiger partial charge in [-0.15, -0.1) is 0 Å². The molecule has 2 aromatic rings. The second kappa shape index (κ2) is 8.28. The Labute approximate surface area is 173 Å². The first kappa shape index (κ1) is 20.1. The van der Waals surface area contributed by atoms with Gasteiger partial charge in [0.2, 0.25) is 15.9 Å². The van der Waals surface area contributed by atoms with Gasteiger partial charge in [-0.2, -0.15) is 4.31 Å². The zero-order valence-electron chi connectivity index (χ0n) is 16.8. The van der Waals surface area contributed by atoms with E-state index in [1.165, 1.54) is 15.4 Å². The summed E-state index contributed by atoms with van der Waals surface area (Å²) in [5.41, 5.74) is 3.58. The number of rotatable bonds is 4. The van der Waals surface area contributed by atoms with Crippen molar-refractivity contribution in [3.05, 3.63) is 65.2 Å². The molecule has 0 aromatic heterocycles. The van der Waals surface area contributed by atoms with Crippen molar-refractivity contribution in [3.8, 4) is 0 Å². The van der Waals surface area contributed by atoms with Crippen LogP contribution in [-0.2, 0) is 21.2 Å². The highest BCUT2D eigenvalue weighted by molar-refractivity contribution is 7.89. The van der Waals surface area contributed by atoms with Crippen molar-refractivity contribution in [1.29, 1.82) is 0 Å². The van der Waals surface area contributed by atoms with Crippen LogP contribution < -0.4 is 5.32 Å². The van der Waals surface area contributed by atoms with E-state index in [-0.39, 0.29) is 17.9 Å². The van der Waals surface area contributed by atoms with Gasteiger partial charge in [0.05, 0.1) is 10.9 Å². The fourth-order valence-electron chi connectivity index (χ4n) is 4.41. The smallest absolute Gasteiger partial charge is 0.243 e. The van der Waals surface area contributed by atoms with Gasteiger partial charge >= 0.3 is 0 Å². The minimum atomic E-state index is -3.49. The summed E-state index contributed by atoms with van der Waals surface area (Å²) in [5, 5.41) is 3.23. The lowest BCUT2D eigenvalue weighted by molar-refractivity contribution is -0.127. The number of piperidine rings is 1. The number of sulfonamides is 1. The number of hydrogen-bond donors (Lipinski definition) is 1. The maximum absolute atomic E-state index is 12.9. The van der Waals surface area contributed by atoms with Crippen LogP contribution in [0.3, 0.4) is 0 Å². The molecule has 5 nitrogen and oxygen atoms in total. The first-order chi connectivity index (χ1) is 13.9. The van der Waals surface area contributed by atoms with Crippen LogP contribution in [0.1, 0.15) is 48.4 Å². The lowest BCUT2D eigenvalue weighted by atomic mass is 9.87. The molecule has 154 valence electrons. The molecule has 6 heteroatoms. The van der Waals surface area contributed by atoms with Crippen LogP contribution in [0.25, 0.3) is 0 Å². The highest BCUT2D eigenvalue weighted by atomic mass is 32.2. The molecular formula is C23H28N2O3S.